The van der Waals surface area contributed by atoms with Crippen molar-refractivity contribution in [2.45, 2.75) is 57.4 Å². The lowest BCUT2D eigenvalue weighted by atomic mass is 9.77. The zero-order valence-corrected chi connectivity index (χ0v) is 13.3. The fraction of sp³-hybridized carbons (Fsp3) is 0.684. The molecule has 0 bridgehead atoms. The van der Waals surface area contributed by atoms with Gasteiger partial charge in [-0.1, -0.05) is 31.2 Å². The second-order valence-electron chi connectivity index (χ2n) is 6.71. The number of benzene rings is 1. The molecule has 1 saturated heterocycles. The zero-order chi connectivity index (χ0) is 14.5. The van der Waals surface area contributed by atoms with Crippen LogP contribution < -0.4 is 5.32 Å². The number of hydrogen-bond donors (Lipinski definition) is 1. The third-order valence-electron chi connectivity index (χ3n) is 5.22. The minimum atomic E-state index is 0.628. The minimum Gasteiger partial charge on any atom is -0.381 e. The number of aryl methyl sites for hydroxylation is 1. The van der Waals surface area contributed by atoms with Gasteiger partial charge < -0.3 is 10.1 Å². The van der Waals surface area contributed by atoms with Gasteiger partial charge >= 0.3 is 0 Å². The van der Waals surface area contributed by atoms with Crippen molar-refractivity contribution in [2.75, 3.05) is 19.8 Å². The molecule has 0 amide bonds. The quantitative estimate of drug-likeness (QED) is 0.856. The van der Waals surface area contributed by atoms with Crippen molar-refractivity contribution < 1.29 is 4.74 Å². The highest BCUT2D eigenvalue weighted by Gasteiger charge is 2.29. The fourth-order valence-corrected chi connectivity index (χ4v) is 4.05. The van der Waals surface area contributed by atoms with Gasteiger partial charge in [-0.15, -0.1) is 0 Å². The average Bonchev–Trinajstić information content (AvgIpc) is 3.06. The first-order valence-electron chi connectivity index (χ1n) is 8.77. The van der Waals surface area contributed by atoms with Crippen LogP contribution in [0.1, 0.15) is 56.1 Å². The Balaban J connectivity index is 1.70. The molecule has 1 aliphatic carbocycles. The van der Waals surface area contributed by atoms with Crippen molar-refractivity contribution >= 4 is 0 Å². The van der Waals surface area contributed by atoms with Gasteiger partial charge in [-0.05, 0) is 68.0 Å². The molecular formula is C19H29NO. The van der Waals surface area contributed by atoms with Crippen molar-refractivity contribution in [2.24, 2.45) is 5.92 Å². The summed E-state index contributed by atoms with van der Waals surface area (Å²) in [7, 11) is 0. The molecule has 1 fully saturated rings. The van der Waals surface area contributed by atoms with Crippen molar-refractivity contribution in [3.05, 3.63) is 35.4 Å². The van der Waals surface area contributed by atoms with E-state index in [1.807, 2.05) is 0 Å². The summed E-state index contributed by atoms with van der Waals surface area (Å²) in [5.41, 5.74) is 3.21. The molecule has 116 valence electrons. The molecule has 0 saturated carbocycles. The molecule has 1 aromatic rings. The largest absolute Gasteiger partial charge is 0.381 e. The third-order valence-corrected chi connectivity index (χ3v) is 5.22. The Morgan fingerprint density at radius 2 is 2.19 bits per heavy atom. The Kier molecular flexibility index (Phi) is 5.32. The maximum atomic E-state index is 5.64. The number of nitrogens with one attached hydrogen (secondary N) is 1. The molecule has 1 aromatic carbocycles. The van der Waals surface area contributed by atoms with Crippen LogP contribution in [0.2, 0.25) is 0 Å². The van der Waals surface area contributed by atoms with E-state index in [-0.39, 0.29) is 0 Å². The molecule has 1 N–H and O–H groups in total. The van der Waals surface area contributed by atoms with E-state index in [9.17, 15) is 0 Å². The summed E-state index contributed by atoms with van der Waals surface area (Å²) in [5.74, 6) is 1.45. The molecule has 3 atom stereocenters. The van der Waals surface area contributed by atoms with Crippen LogP contribution in [-0.4, -0.2) is 25.8 Å². The van der Waals surface area contributed by atoms with E-state index < -0.39 is 0 Å². The summed E-state index contributed by atoms with van der Waals surface area (Å²) in [5, 5.41) is 3.81. The van der Waals surface area contributed by atoms with Crippen molar-refractivity contribution in [1.82, 2.24) is 5.32 Å². The first-order chi connectivity index (χ1) is 10.4. The highest BCUT2D eigenvalue weighted by Crippen LogP contribution is 2.36. The lowest BCUT2D eigenvalue weighted by Gasteiger charge is -2.32. The maximum Gasteiger partial charge on any atom is 0.0510 e. The molecule has 0 radical (unpaired) electrons. The van der Waals surface area contributed by atoms with E-state index in [2.05, 4.69) is 36.5 Å². The Hall–Kier alpha value is -0.860. The SMILES string of the molecule is CCCNC(CC1CCCc2ccccc21)C1CCOC1. The van der Waals surface area contributed by atoms with Crippen molar-refractivity contribution in [3.8, 4) is 0 Å². The number of hydrogen-bond acceptors (Lipinski definition) is 2. The summed E-state index contributed by atoms with van der Waals surface area (Å²) < 4.78 is 5.64. The van der Waals surface area contributed by atoms with Crippen LogP contribution in [-0.2, 0) is 11.2 Å². The van der Waals surface area contributed by atoms with E-state index in [1.54, 1.807) is 11.1 Å². The van der Waals surface area contributed by atoms with E-state index in [0.717, 1.165) is 25.7 Å². The second kappa shape index (κ2) is 7.42. The summed E-state index contributed by atoms with van der Waals surface area (Å²) >= 11 is 0. The highest BCUT2D eigenvalue weighted by molar-refractivity contribution is 5.32. The maximum absolute atomic E-state index is 5.64. The minimum absolute atomic E-state index is 0.628. The third kappa shape index (κ3) is 3.67. The molecule has 3 rings (SSSR count). The van der Waals surface area contributed by atoms with Gasteiger partial charge in [-0.2, -0.15) is 0 Å². The standard InChI is InChI=1S/C19H29NO/c1-2-11-20-19(17-10-12-21-14-17)13-16-8-5-7-15-6-3-4-9-18(15)16/h3-4,6,9,16-17,19-20H,2,5,7-8,10-14H2,1H3. The molecule has 1 aliphatic heterocycles. The van der Waals surface area contributed by atoms with Crippen LogP contribution in [0.3, 0.4) is 0 Å². The van der Waals surface area contributed by atoms with Crippen molar-refractivity contribution in [3.63, 3.8) is 0 Å². The molecule has 2 aliphatic rings. The van der Waals surface area contributed by atoms with E-state index in [1.165, 1.54) is 38.5 Å². The summed E-state index contributed by atoms with van der Waals surface area (Å²) in [6.07, 6.45) is 7.70. The van der Waals surface area contributed by atoms with Crippen LogP contribution >= 0.6 is 0 Å². The predicted octanol–water partition coefficient (Wildman–Crippen LogP) is 3.90. The molecule has 2 heteroatoms. The molecule has 1 heterocycles. The van der Waals surface area contributed by atoms with Crippen LogP contribution in [0.15, 0.2) is 24.3 Å². The molecule has 21 heavy (non-hydrogen) atoms. The Morgan fingerprint density at radius 1 is 1.29 bits per heavy atom. The fourth-order valence-electron chi connectivity index (χ4n) is 4.05. The number of fused-ring (bicyclic) bond motifs is 1. The molecular weight excluding hydrogens is 258 g/mol. The molecule has 0 spiro atoms. The Bertz CT molecular complexity index is 439. The van der Waals surface area contributed by atoms with Crippen LogP contribution in [0.5, 0.6) is 0 Å². The average molecular weight is 287 g/mol. The van der Waals surface area contributed by atoms with Gasteiger partial charge in [0.2, 0.25) is 0 Å². The van der Waals surface area contributed by atoms with Gasteiger partial charge in [0.1, 0.15) is 0 Å². The normalized spacial score (nSPS) is 26.5. The van der Waals surface area contributed by atoms with Gasteiger partial charge in [0, 0.05) is 12.6 Å². The van der Waals surface area contributed by atoms with Gasteiger partial charge in [-0.25, -0.2) is 0 Å². The van der Waals surface area contributed by atoms with Gasteiger partial charge in [0.05, 0.1) is 6.61 Å². The van der Waals surface area contributed by atoms with Gasteiger partial charge in [-0.3, -0.25) is 0 Å². The topological polar surface area (TPSA) is 21.3 Å². The highest BCUT2D eigenvalue weighted by atomic mass is 16.5. The lowest BCUT2D eigenvalue weighted by Crippen LogP contribution is -2.38. The molecule has 0 aromatic heterocycles. The lowest BCUT2D eigenvalue weighted by molar-refractivity contribution is 0.173. The Morgan fingerprint density at radius 3 is 3.00 bits per heavy atom. The summed E-state index contributed by atoms with van der Waals surface area (Å²) in [4.78, 5) is 0. The van der Waals surface area contributed by atoms with E-state index in [4.69, 9.17) is 4.74 Å². The first-order valence-corrected chi connectivity index (χ1v) is 8.77. The van der Waals surface area contributed by atoms with Gasteiger partial charge in [0.15, 0.2) is 0 Å². The summed E-state index contributed by atoms with van der Waals surface area (Å²) in [6, 6.07) is 9.72. The zero-order valence-electron chi connectivity index (χ0n) is 13.3. The number of rotatable bonds is 6. The van der Waals surface area contributed by atoms with E-state index in [0.29, 0.717) is 12.0 Å². The summed E-state index contributed by atoms with van der Waals surface area (Å²) in [6.45, 7) is 5.30. The van der Waals surface area contributed by atoms with Gasteiger partial charge in [0.25, 0.3) is 0 Å². The second-order valence-corrected chi connectivity index (χ2v) is 6.71. The smallest absolute Gasteiger partial charge is 0.0510 e. The van der Waals surface area contributed by atoms with E-state index >= 15 is 0 Å². The van der Waals surface area contributed by atoms with Crippen LogP contribution in [0, 0.1) is 5.92 Å². The van der Waals surface area contributed by atoms with Crippen LogP contribution in [0.25, 0.3) is 0 Å². The van der Waals surface area contributed by atoms with Crippen molar-refractivity contribution in [1.29, 1.82) is 0 Å². The predicted molar refractivity (Wildman–Crippen MR) is 87.7 cm³/mol. The number of ether oxygens (including phenoxy) is 1. The molecule has 3 unspecified atom stereocenters. The van der Waals surface area contributed by atoms with Crippen LogP contribution in [0.4, 0.5) is 0 Å². The molecule has 2 nitrogen and oxygen atoms in total. The Labute approximate surface area is 129 Å². The first kappa shape index (κ1) is 15.1. The monoisotopic (exact) mass is 287 g/mol.